The fourth-order valence-corrected chi connectivity index (χ4v) is 3.28. The van der Waals surface area contributed by atoms with Gasteiger partial charge >= 0.3 is 0 Å². The molecule has 1 saturated heterocycles. The van der Waals surface area contributed by atoms with E-state index in [1.54, 1.807) is 6.07 Å². The van der Waals surface area contributed by atoms with Crippen LogP contribution in [0.1, 0.15) is 44.2 Å². The molecule has 0 amide bonds. The molecule has 2 unspecified atom stereocenters. The van der Waals surface area contributed by atoms with Crippen molar-refractivity contribution in [1.29, 1.82) is 0 Å². The Morgan fingerprint density at radius 1 is 1.53 bits per heavy atom. The maximum absolute atomic E-state index is 14.0. The van der Waals surface area contributed by atoms with Crippen molar-refractivity contribution in [2.45, 2.75) is 44.8 Å². The smallest absolute Gasteiger partial charge is 0.129 e. The van der Waals surface area contributed by atoms with Gasteiger partial charge in [-0.1, -0.05) is 28.9 Å². The normalized spacial score (nSPS) is 20.7. The molecule has 1 fully saturated rings. The second-order valence-corrected chi connectivity index (χ2v) is 5.81. The van der Waals surface area contributed by atoms with Gasteiger partial charge in [-0.2, -0.15) is 0 Å². The van der Waals surface area contributed by atoms with Crippen molar-refractivity contribution in [2.24, 2.45) is 0 Å². The predicted octanol–water partition coefficient (Wildman–Crippen LogP) is 4.20. The molecule has 0 aliphatic carbocycles. The third-order valence-electron chi connectivity index (χ3n) is 3.60. The summed E-state index contributed by atoms with van der Waals surface area (Å²) >= 11 is 3.46. The Kier molecular flexibility index (Phi) is 5.79. The van der Waals surface area contributed by atoms with E-state index in [1.807, 2.05) is 13.0 Å². The zero-order valence-electron chi connectivity index (χ0n) is 11.3. The molecule has 0 aromatic heterocycles. The van der Waals surface area contributed by atoms with E-state index < -0.39 is 0 Å². The number of halogens is 2. The lowest BCUT2D eigenvalue weighted by atomic mass is 9.98. The van der Waals surface area contributed by atoms with Gasteiger partial charge in [-0.15, -0.1) is 0 Å². The van der Waals surface area contributed by atoms with Gasteiger partial charge in [0.1, 0.15) is 5.82 Å². The Balaban J connectivity index is 2.05. The van der Waals surface area contributed by atoms with Crippen LogP contribution in [0.25, 0.3) is 0 Å². The van der Waals surface area contributed by atoms with E-state index in [0.717, 1.165) is 48.9 Å². The molecule has 0 spiro atoms. The van der Waals surface area contributed by atoms with Crippen LogP contribution in [0, 0.1) is 5.82 Å². The first-order valence-electron chi connectivity index (χ1n) is 7.01. The van der Waals surface area contributed by atoms with Crippen LogP contribution in [0.3, 0.4) is 0 Å². The highest BCUT2D eigenvalue weighted by Crippen LogP contribution is 2.30. The van der Waals surface area contributed by atoms with Crippen LogP contribution in [0.5, 0.6) is 0 Å². The quantitative estimate of drug-likeness (QED) is 0.844. The Labute approximate surface area is 122 Å². The van der Waals surface area contributed by atoms with Gasteiger partial charge in [0, 0.05) is 22.7 Å². The summed E-state index contributed by atoms with van der Waals surface area (Å²) in [7, 11) is 0. The molecule has 4 heteroatoms. The van der Waals surface area contributed by atoms with Gasteiger partial charge in [0.25, 0.3) is 0 Å². The first-order chi connectivity index (χ1) is 9.22. The summed E-state index contributed by atoms with van der Waals surface area (Å²) in [6.45, 7) is 3.75. The zero-order valence-corrected chi connectivity index (χ0v) is 12.9. The van der Waals surface area contributed by atoms with Gasteiger partial charge in [0.15, 0.2) is 0 Å². The summed E-state index contributed by atoms with van der Waals surface area (Å²) in [5.41, 5.74) is 0.738. The van der Waals surface area contributed by atoms with Gasteiger partial charge in [0.05, 0.1) is 6.10 Å². The molecule has 1 aromatic rings. The molecule has 2 atom stereocenters. The Morgan fingerprint density at radius 2 is 2.37 bits per heavy atom. The fourth-order valence-electron chi connectivity index (χ4n) is 2.66. The van der Waals surface area contributed by atoms with Gasteiger partial charge in [-0.25, -0.2) is 4.39 Å². The molecular formula is C15H21BrFNO. The molecule has 2 rings (SSSR count). The Hall–Kier alpha value is -0.450. The molecule has 0 bridgehead atoms. The zero-order chi connectivity index (χ0) is 13.7. The minimum Gasteiger partial charge on any atom is -0.378 e. The van der Waals surface area contributed by atoms with Gasteiger partial charge < -0.3 is 10.1 Å². The lowest BCUT2D eigenvalue weighted by Gasteiger charge is -2.21. The number of hydrogen-bond acceptors (Lipinski definition) is 2. The summed E-state index contributed by atoms with van der Waals surface area (Å²) in [6, 6.07) is 5.20. The van der Waals surface area contributed by atoms with Crippen molar-refractivity contribution in [3.8, 4) is 0 Å². The standard InChI is InChI=1S/C15H21BrFNO/c1-2-18-14(9-8-11-5-4-10-19-11)15-12(16)6-3-7-13(15)17/h3,6-7,11,14,18H,2,4-5,8-10H2,1H3. The highest BCUT2D eigenvalue weighted by atomic mass is 79.9. The van der Waals surface area contributed by atoms with Gasteiger partial charge in [-0.3, -0.25) is 0 Å². The van der Waals surface area contributed by atoms with Crippen LogP contribution in [0.15, 0.2) is 22.7 Å². The summed E-state index contributed by atoms with van der Waals surface area (Å²) in [5.74, 6) is -0.146. The average molecular weight is 330 g/mol. The Bertz CT molecular complexity index is 387. The molecule has 1 heterocycles. The SMILES string of the molecule is CCNC(CCC1CCCO1)c1c(F)cccc1Br. The average Bonchev–Trinajstić information content (AvgIpc) is 2.88. The van der Waals surface area contributed by atoms with Gasteiger partial charge in [0.2, 0.25) is 0 Å². The summed E-state index contributed by atoms with van der Waals surface area (Å²) < 4.78 is 20.5. The van der Waals surface area contributed by atoms with Gasteiger partial charge in [-0.05, 0) is 44.4 Å². The number of hydrogen-bond donors (Lipinski definition) is 1. The predicted molar refractivity (Wildman–Crippen MR) is 78.7 cm³/mol. The number of benzene rings is 1. The molecule has 19 heavy (non-hydrogen) atoms. The van der Waals surface area contributed by atoms with Crippen molar-refractivity contribution in [3.05, 3.63) is 34.1 Å². The molecule has 2 nitrogen and oxygen atoms in total. The van der Waals surface area contributed by atoms with Crippen molar-refractivity contribution in [2.75, 3.05) is 13.2 Å². The van der Waals surface area contributed by atoms with Crippen LogP contribution < -0.4 is 5.32 Å². The summed E-state index contributed by atoms with van der Waals surface area (Å²) in [5, 5.41) is 3.38. The number of ether oxygens (including phenoxy) is 1. The van der Waals surface area contributed by atoms with Crippen LogP contribution in [0.4, 0.5) is 4.39 Å². The molecule has 106 valence electrons. The van der Waals surface area contributed by atoms with E-state index in [4.69, 9.17) is 4.74 Å². The molecular weight excluding hydrogens is 309 g/mol. The van der Waals surface area contributed by atoms with E-state index >= 15 is 0 Å². The lowest BCUT2D eigenvalue weighted by molar-refractivity contribution is 0.0995. The maximum Gasteiger partial charge on any atom is 0.129 e. The topological polar surface area (TPSA) is 21.3 Å². The van der Waals surface area contributed by atoms with Crippen molar-refractivity contribution < 1.29 is 9.13 Å². The molecule has 1 aliphatic rings. The first-order valence-corrected chi connectivity index (χ1v) is 7.80. The summed E-state index contributed by atoms with van der Waals surface area (Å²) in [4.78, 5) is 0. The van der Waals surface area contributed by atoms with E-state index in [0.29, 0.717) is 6.10 Å². The maximum atomic E-state index is 14.0. The first kappa shape index (κ1) is 14.9. The second kappa shape index (κ2) is 7.36. The van der Waals surface area contributed by atoms with E-state index in [2.05, 4.69) is 21.2 Å². The minimum absolute atomic E-state index is 0.0461. The second-order valence-electron chi connectivity index (χ2n) is 4.96. The van der Waals surface area contributed by atoms with Crippen molar-refractivity contribution in [3.63, 3.8) is 0 Å². The molecule has 1 aromatic carbocycles. The van der Waals surface area contributed by atoms with Crippen molar-refractivity contribution in [1.82, 2.24) is 5.32 Å². The fraction of sp³-hybridized carbons (Fsp3) is 0.600. The minimum atomic E-state index is -0.146. The van der Waals surface area contributed by atoms with E-state index in [9.17, 15) is 4.39 Å². The Morgan fingerprint density at radius 3 is 3.00 bits per heavy atom. The van der Waals surface area contributed by atoms with Crippen LogP contribution in [-0.4, -0.2) is 19.3 Å². The van der Waals surface area contributed by atoms with E-state index in [1.165, 1.54) is 6.07 Å². The van der Waals surface area contributed by atoms with Crippen LogP contribution in [0.2, 0.25) is 0 Å². The summed E-state index contributed by atoms with van der Waals surface area (Å²) in [6.07, 6.45) is 4.53. The molecule has 0 saturated carbocycles. The van der Waals surface area contributed by atoms with Crippen LogP contribution >= 0.6 is 15.9 Å². The third kappa shape index (κ3) is 4.01. The van der Waals surface area contributed by atoms with Crippen LogP contribution in [-0.2, 0) is 4.74 Å². The lowest BCUT2D eigenvalue weighted by Crippen LogP contribution is -2.23. The molecule has 1 aliphatic heterocycles. The number of nitrogens with one attached hydrogen (secondary N) is 1. The highest BCUT2D eigenvalue weighted by Gasteiger charge is 2.21. The third-order valence-corrected chi connectivity index (χ3v) is 4.29. The molecule has 1 N–H and O–H groups in total. The molecule has 0 radical (unpaired) electrons. The van der Waals surface area contributed by atoms with E-state index in [-0.39, 0.29) is 11.9 Å². The largest absolute Gasteiger partial charge is 0.378 e. The monoisotopic (exact) mass is 329 g/mol. The highest BCUT2D eigenvalue weighted by molar-refractivity contribution is 9.10. The van der Waals surface area contributed by atoms with Crippen molar-refractivity contribution >= 4 is 15.9 Å². The number of rotatable bonds is 6.